The van der Waals surface area contributed by atoms with Gasteiger partial charge in [-0.25, -0.2) is 4.98 Å². The Labute approximate surface area is 172 Å². The summed E-state index contributed by atoms with van der Waals surface area (Å²) >= 11 is 2.91. The van der Waals surface area contributed by atoms with Crippen LogP contribution in [0.15, 0.2) is 40.3 Å². The quantitative estimate of drug-likeness (QED) is 0.479. The normalized spacial score (nSPS) is 16.1. The Bertz CT molecular complexity index is 1040. The van der Waals surface area contributed by atoms with Gasteiger partial charge >= 0.3 is 0 Å². The molecule has 1 aliphatic carbocycles. The van der Waals surface area contributed by atoms with E-state index in [1.54, 1.807) is 11.3 Å². The number of nitrogens with zero attached hydrogens (tertiary/aromatic N) is 1. The summed E-state index contributed by atoms with van der Waals surface area (Å²) in [4.78, 5) is 34.3. The first-order valence-corrected chi connectivity index (χ1v) is 11.4. The molecule has 3 aromatic rings. The summed E-state index contributed by atoms with van der Waals surface area (Å²) < 4.78 is 0. The van der Waals surface area contributed by atoms with Gasteiger partial charge in [-0.15, -0.1) is 11.3 Å². The van der Waals surface area contributed by atoms with Gasteiger partial charge in [0.25, 0.3) is 5.56 Å². The van der Waals surface area contributed by atoms with Gasteiger partial charge < -0.3 is 10.3 Å². The highest BCUT2D eigenvalue weighted by Crippen LogP contribution is 2.36. The van der Waals surface area contributed by atoms with Crippen molar-refractivity contribution in [1.82, 2.24) is 15.3 Å². The Balaban J connectivity index is 1.37. The molecule has 146 valence electrons. The molecule has 28 heavy (non-hydrogen) atoms. The molecule has 0 saturated carbocycles. The number of amides is 1. The van der Waals surface area contributed by atoms with Gasteiger partial charge in [0.1, 0.15) is 4.83 Å². The average Bonchev–Trinajstić information content (AvgIpc) is 3.05. The number of benzene rings is 1. The summed E-state index contributed by atoms with van der Waals surface area (Å²) in [6.07, 6.45) is 3.91. The Morgan fingerprint density at radius 3 is 3.00 bits per heavy atom. The van der Waals surface area contributed by atoms with Crippen LogP contribution in [0.1, 0.15) is 29.3 Å². The first-order chi connectivity index (χ1) is 13.6. The molecule has 1 aliphatic rings. The van der Waals surface area contributed by atoms with Crippen molar-refractivity contribution in [2.24, 2.45) is 5.92 Å². The fraction of sp³-hybridized carbons (Fsp3) is 0.381. The van der Waals surface area contributed by atoms with E-state index in [-0.39, 0.29) is 17.2 Å². The van der Waals surface area contributed by atoms with Crippen molar-refractivity contribution >= 4 is 39.2 Å². The molecule has 1 amide bonds. The van der Waals surface area contributed by atoms with Gasteiger partial charge in [0.15, 0.2) is 5.16 Å². The van der Waals surface area contributed by atoms with Crippen LogP contribution in [-0.4, -0.2) is 28.2 Å². The molecule has 2 N–H and O–H groups in total. The van der Waals surface area contributed by atoms with Crippen LogP contribution in [0.3, 0.4) is 0 Å². The number of carbonyl (C=O) groups excluding carboxylic acids is 1. The summed E-state index contributed by atoms with van der Waals surface area (Å²) in [5.74, 6) is 0.849. The third-order valence-electron chi connectivity index (χ3n) is 5.06. The topological polar surface area (TPSA) is 74.8 Å². The number of aromatic amines is 1. The lowest BCUT2D eigenvalue weighted by Gasteiger charge is -2.17. The summed E-state index contributed by atoms with van der Waals surface area (Å²) in [6, 6.07) is 10.1. The molecule has 0 unspecified atom stereocenters. The number of carbonyl (C=O) groups is 1. The maximum atomic E-state index is 12.6. The third kappa shape index (κ3) is 4.31. The molecule has 2 aromatic heterocycles. The molecule has 1 atom stereocenters. The zero-order valence-corrected chi connectivity index (χ0v) is 17.4. The lowest BCUT2D eigenvalue weighted by molar-refractivity contribution is -0.118. The number of fused-ring (bicyclic) bond motifs is 3. The molecular formula is C21H23N3O2S2. The first kappa shape index (κ1) is 19.2. The van der Waals surface area contributed by atoms with E-state index < -0.39 is 0 Å². The summed E-state index contributed by atoms with van der Waals surface area (Å²) in [5, 5.41) is 4.19. The summed E-state index contributed by atoms with van der Waals surface area (Å²) in [7, 11) is 0. The number of hydrogen-bond acceptors (Lipinski definition) is 5. The second-order valence-electron chi connectivity index (χ2n) is 7.28. The highest BCUT2D eigenvalue weighted by molar-refractivity contribution is 7.99. The number of H-pyrrole nitrogens is 1. The lowest BCUT2D eigenvalue weighted by Crippen LogP contribution is -2.27. The van der Waals surface area contributed by atoms with Gasteiger partial charge in [-0.2, -0.15) is 0 Å². The van der Waals surface area contributed by atoms with Crippen LogP contribution < -0.4 is 10.9 Å². The second-order valence-corrected chi connectivity index (χ2v) is 9.32. The molecular weight excluding hydrogens is 390 g/mol. The van der Waals surface area contributed by atoms with Crippen LogP contribution in [0.2, 0.25) is 0 Å². The van der Waals surface area contributed by atoms with Crippen LogP contribution >= 0.6 is 23.1 Å². The second kappa shape index (κ2) is 8.49. The Kier molecular flexibility index (Phi) is 5.82. The van der Waals surface area contributed by atoms with E-state index in [4.69, 9.17) is 0 Å². The standard InChI is InChI=1S/C21H23N3O2S2/c1-13-7-8-15-16(11-13)28-20-18(15)19(26)23-21(24-20)27-12-17(25)22-10-9-14-5-3-2-4-6-14/h2-6,13H,7-12H2,1H3,(H,22,25)(H,23,24,26)/t13-/m1/s1. The van der Waals surface area contributed by atoms with Gasteiger partial charge in [0.2, 0.25) is 5.91 Å². The van der Waals surface area contributed by atoms with E-state index in [2.05, 4.69) is 22.2 Å². The van der Waals surface area contributed by atoms with Crippen LogP contribution in [-0.2, 0) is 24.1 Å². The number of thioether (sulfide) groups is 1. The van der Waals surface area contributed by atoms with E-state index in [1.807, 2.05) is 30.3 Å². The van der Waals surface area contributed by atoms with Gasteiger partial charge in [-0.1, -0.05) is 49.0 Å². The van der Waals surface area contributed by atoms with Gasteiger partial charge in [0, 0.05) is 11.4 Å². The van der Waals surface area contributed by atoms with Crippen molar-refractivity contribution in [2.75, 3.05) is 12.3 Å². The summed E-state index contributed by atoms with van der Waals surface area (Å²) in [5.41, 5.74) is 2.30. The first-order valence-electron chi connectivity index (χ1n) is 9.58. The lowest BCUT2D eigenvalue weighted by atomic mass is 9.89. The van der Waals surface area contributed by atoms with Crippen molar-refractivity contribution in [1.29, 1.82) is 0 Å². The molecule has 0 fully saturated rings. The molecule has 0 radical (unpaired) electrons. The van der Waals surface area contributed by atoms with Crippen LogP contribution in [0.25, 0.3) is 10.2 Å². The van der Waals surface area contributed by atoms with Crippen LogP contribution in [0.5, 0.6) is 0 Å². The zero-order valence-electron chi connectivity index (χ0n) is 15.8. The average molecular weight is 414 g/mol. The van der Waals surface area contributed by atoms with Gasteiger partial charge in [-0.3, -0.25) is 9.59 Å². The SMILES string of the molecule is C[C@@H]1CCc2c(sc3nc(SCC(=O)NCCc4ccccc4)[nH]c(=O)c23)C1. The minimum Gasteiger partial charge on any atom is -0.355 e. The van der Waals surface area contributed by atoms with Crippen molar-refractivity contribution in [3.8, 4) is 0 Å². The van der Waals surface area contributed by atoms with Crippen molar-refractivity contribution in [3.63, 3.8) is 0 Å². The fourth-order valence-electron chi connectivity index (χ4n) is 3.57. The van der Waals surface area contributed by atoms with Crippen molar-refractivity contribution in [3.05, 3.63) is 56.7 Å². The molecule has 0 saturated heterocycles. The van der Waals surface area contributed by atoms with E-state index in [1.165, 1.54) is 27.8 Å². The number of aromatic nitrogens is 2. The maximum absolute atomic E-state index is 12.6. The number of nitrogens with one attached hydrogen (secondary N) is 2. The summed E-state index contributed by atoms with van der Waals surface area (Å²) in [6.45, 7) is 2.85. The van der Waals surface area contributed by atoms with E-state index in [0.717, 1.165) is 35.9 Å². The highest BCUT2D eigenvalue weighted by atomic mass is 32.2. The van der Waals surface area contributed by atoms with Gasteiger partial charge in [0.05, 0.1) is 11.1 Å². The zero-order chi connectivity index (χ0) is 19.5. The molecule has 7 heteroatoms. The third-order valence-corrected chi connectivity index (χ3v) is 7.08. The van der Waals surface area contributed by atoms with Crippen LogP contribution in [0.4, 0.5) is 0 Å². The Morgan fingerprint density at radius 1 is 1.36 bits per heavy atom. The van der Waals surface area contributed by atoms with E-state index in [0.29, 0.717) is 17.6 Å². The number of rotatable bonds is 6. The molecule has 0 spiro atoms. The largest absolute Gasteiger partial charge is 0.355 e. The molecule has 2 heterocycles. The van der Waals surface area contributed by atoms with Crippen molar-refractivity contribution < 1.29 is 4.79 Å². The molecule has 0 bridgehead atoms. The van der Waals surface area contributed by atoms with Gasteiger partial charge in [-0.05, 0) is 42.7 Å². The number of aryl methyl sites for hydroxylation is 1. The van der Waals surface area contributed by atoms with E-state index >= 15 is 0 Å². The Hall–Kier alpha value is -2.12. The van der Waals surface area contributed by atoms with E-state index in [9.17, 15) is 9.59 Å². The van der Waals surface area contributed by atoms with Crippen molar-refractivity contribution in [2.45, 2.75) is 37.8 Å². The minimum atomic E-state index is -0.0796. The maximum Gasteiger partial charge on any atom is 0.260 e. The fourth-order valence-corrected chi connectivity index (χ4v) is 5.71. The smallest absolute Gasteiger partial charge is 0.260 e. The predicted octanol–water partition coefficient (Wildman–Crippen LogP) is 3.56. The number of thiophene rings is 1. The molecule has 1 aromatic carbocycles. The highest BCUT2D eigenvalue weighted by Gasteiger charge is 2.23. The molecule has 4 rings (SSSR count). The monoisotopic (exact) mass is 413 g/mol. The molecule has 5 nitrogen and oxygen atoms in total. The predicted molar refractivity (Wildman–Crippen MR) is 115 cm³/mol. The van der Waals surface area contributed by atoms with Crippen LogP contribution in [0, 0.1) is 5.92 Å². The number of hydrogen-bond donors (Lipinski definition) is 2. The molecule has 0 aliphatic heterocycles. The minimum absolute atomic E-state index is 0.0528. The Morgan fingerprint density at radius 2 is 2.18 bits per heavy atom.